The Balaban J connectivity index is 1.24. The number of piperidine rings is 1. The van der Waals surface area contributed by atoms with Gasteiger partial charge in [-0.25, -0.2) is 0 Å². The van der Waals surface area contributed by atoms with Crippen LogP contribution < -0.4 is 15.4 Å². The minimum atomic E-state index is -0.619. The van der Waals surface area contributed by atoms with Crippen LogP contribution in [0.15, 0.2) is 42.5 Å². The summed E-state index contributed by atoms with van der Waals surface area (Å²) in [6.07, 6.45) is 4.82. The Kier molecular flexibility index (Phi) is 6.51. The maximum Gasteiger partial charge on any atom is 0.255 e. The number of imide groups is 1. The van der Waals surface area contributed by atoms with Gasteiger partial charge in [0.25, 0.3) is 5.91 Å². The van der Waals surface area contributed by atoms with Crippen molar-refractivity contribution in [2.24, 2.45) is 0 Å². The maximum absolute atomic E-state index is 12.9. The van der Waals surface area contributed by atoms with Crippen LogP contribution in [-0.2, 0) is 22.7 Å². The number of nitrogens with one attached hydrogen (secondary N) is 2. The molecule has 180 valence electrons. The average Bonchev–Trinajstić information content (AvgIpc) is 3.19. The molecule has 2 aromatic carbocycles. The van der Waals surface area contributed by atoms with E-state index in [2.05, 4.69) is 16.7 Å². The van der Waals surface area contributed by atoms with E-state index in [-0.39, 0.29) is 30.4 Å². The van der Waals surface area contributed by atoms with E-state index >= 15 is 0 Å². The Morgan fingerprint density at radius 2 is 1.86 bits per heavy atom. The highest BCUT2D eigenvalue weighted by Gasteiger charge is 2.39. The molecule has 2 heterocycles. The molecule has 5 rings (SSSR count). The van der Waals surface area contributed by atoms with Crippen LogP contribution >= 0.6 is 0 Å². The van der Waals surface area contributed by atoms with E-state index < -0.39 is 11.9 Å². The van der Waals surface area contributed by atoms with Crippen LogP contribution in [-0.4, -0.2) is 40.8 Å². The zero-order chi connectivity index (χ0) is 24.4. The van der Waals surface area contributed by atoms with Gasteiger partial charge in [-0.05, 0) is 67.1 Å². The maximum atomic E-state index is 12.9. The van der Waals surface area contributed by atoms with Crippen molar-refractivity contribution in [1.29, 1.82) is 5.26 Å². The first kappa shape index (κ1) is 23.1. The number of carbonyl (C=O) groups is 3. The van der Waals surface area contributed by atoms with Gasteiger partial charge < -0.3 is 15.0 Å². The van der Waals surface area contributed by atoms with Crippen molar-refractivity contribution in [2.75, 3.05) is 0 Å². The molecule has 8 nitrogen and oxygen atoms in total. The van der Waals surface area contributed by atoms with E-state index in [1.807, 2.05) is 36.4 Å². The average molecular weight is 473 g/mol. The van der Waals surface area contributed by atoms with Crippen molar-refractivity contribution in [3.8, 4) is 11.8 Å². The second-order valence-electron chi connectivity index (χ2n) is 9.46. The smallest absolute Gasteiger partial charge is 0.255 e. The van der Waals surface area contributed by atoms with Gasteiger partial charge in [-0.2, -0.15) is 5.26 Å². The van der Waals surface area contributed by atoms with Crippen LogP contribution in [0.2, 0.25) is 0 Å². The fourth-order valence-corrected chi connectivity index (χ4v) is 5.22. The molecule has 1 aliphatic carbocycles. The van der Waals surface area contributed by atoms with Gasteiger partial charge in [0.15, 0.2) is 0 Å². The van der Waals surface area contributed by atoms with Gasteiger partial charge in [0.05, 0.1) is 11.6 Å². The van der Waals surface area contributed by atoms with E-state index in [1.54, 1.807) is 11.0 Å². The molecule has 35 heavy (non-hydrogen) atoms. The Morgan fingerprint density at radius 3 is 2.63 bits per heavy atom. The number of rotatable bonds is 6. The summed E-state index contributed by atoms with van der Waals surface area (Å²) in [6, 6.07) is 14.8. The summed E-state index contributed by atoms with van der Waals surface area (Å²) in [7, 11) is 0. The first-order chi connectivity index (χ1) is 17.0. The summed E-state index contributed by atoms with van der Waals surface area (Å²) in [5.74, 6) is -0.155. The highest BCUT2D eigenvalue weighted by Crippen LogP contribution is 2.32. The summed E-state index contributed by atoms with van der Waals surface area (Å²) in [5.41, 5.74) is 3.20. The van der Waals surface area contributed by atoms with E-state index in [0.717, 1.165) is 42.6 Å². The van der Waals surface area contributed by atoms with Crippen molar-refractivity contribution in [3.05, 3.63) is 64.7 Å². The van der Waals surface area contributed by atoms with Crippen LogP contribution in [0, 0.1) is 11.3 Å². The Bertz CT molecular complexity index is 1190. The number of amides is 3. The van der Waals surface area contributed by atoms with Crippen molar-refractivity contribution in [2.45, 2.75) is 69.8 Å². The molecule has 0 spiro atoms. The van der Waals surface area contributed by atoms with Gasteiger partial charge in [0.2, 0.25) is 11.8 Å². The Labute approximate surface area is 204 Å². The third-order valence-corrected chi connectivity index (χ3v) is 7.14. The molecule has 3 amide bonds. The lowest BCUT2D eigenvalue weighted by Crippen LogP contribution is -2.52. The van der Waals surface area contributed by atoms with Crippen LogP contribution in [0.3, 0.4) is 0 Å². The lowest BCUT2D eigenvalue weighted by Gasteiger charge is -2.33. The van der Waals surface area contributed by atoms with Gasteiger partial charge in [-0.15, -0.1) is 0 Å². The van der Waals surface area contributed by atoms with Gasteiger partial charge in [-0.3, -0.25) is 19.7 Å². The monoisotopic (exact) mass is 472 g/mol. The van der Waals surface area contributed by atoms with Crippen molar-refractivity contribution >= 4 is 17.7 Å². The number of hydrogen-bond donors (Lipinski definition) is 2. The zero-order valence-electron chi connectivity index (χ0n) is 19.5. The molecular weight excluding hydrogens is 444 g/mol. The fourth-order valence-electron chi connectivity index (χ4n) is 5.22. The topological polar surface area (TPSA) is 112 Å². The fraction of sp³-hybridized carbons (Fsp3) is 0.407. The van der Waals surface area contributed by atoms with Crippen molar-refractivity contribution in [1.82, 2.24) is 15.5 Å². The molecule has 1 unspecified atom stereocenters. The number of hydrogen-bond acceptors (Lipinski definition) is 6. The van der Waals surface area contributed by atoms with Crippen LogP contribution in [0.5, 0.6) is 5.75 Å². The second kappa shape index (κ2) is 9.88. The zero-order valence-corrected chi connectivity index (χ0v) is 19.5. The summed E-state index contributed by atoms with van der Waals surface area (Å²) in [4.78, 5) is 38.2. The first-order valence-electron chi connectivity index (χ1n) is 12.2. The molecule has 3 aliphatic rings. The SMILES string of the molecule is N#Cc1ccc(CN[C@H]2CCCC[C@@H]2Oc2ccc3c(c2)CN(C2CCC(=O)NC2=O)C3=O)cc1. The largest absolute Gasteiger partial charge is 0.489 e. The minimum Gasteiger partial charge on any atom is -0.489 e. The van der Waals surface area contributed by atoms with Crippen LogP contribution in [0.1, 0.15) is 65.6 Å². The quantitative estimate of drug-likeness (QED) is 0.626. The van der Waals surface area contributed by atoms with Gasteiger partial charge in [0, 0.05) is 31.1 Å². The molecule has 1 saturated carbocycles. The van der Waals surface area contributed by atoms with Crippen LogP contribution in [0.4, 0.5) is 0 Å². The van der Waals surface area contributed by atoms with E-state index in [0.29, 0.717) is 30.6 Å². The molecule has 0 bridgehead atoms. The molecule has 2 fully saturated rings. The Morgan fingerprint density at radius 1 is 1.06 bits per heavy atom. The molecule has 2 N–H and O–H groups in total. The van der Waals surface area contributed by atoms with Crippen molar-refractivity contribution < 1.29 is 19.1 Å². The van der Waals surface area contributed by atoms with Gasteiger partial charge >= 0.3 is 0 Å². The number of nitriles is 1. The molecule has 1 saturated heterocycles. The van der Waals surface area contributed by atoms with Gasteiger partial charge in [0.1, 0.15) is 17.9 Å². The predicted molar refractivity (Wildman–Crippen MR) is 127 cm³/mol. The summed E-state index contributed by atoms with van der Waals surface area (Å²) < 4.78 is 6.41. The molecule has 3 atom stereocenters. The number of nitrogens with zero attached hydrogens (tertiary/aromatic N) is 2. The van der Waals surface area contributed by atoms with E-state index in [9.17, 15) is 14.4 Å². The number of carbonyl (C=O) groups excluding carboxylic acids is 3. The van der Waals surface area contributed by atoms with E-state index in [1.165, 1.54) is 0 Å². The predicted octanol–water partition coefficient (Wildman–Crippen LogP) is 2.80. The highest BCUT2D eigenvalue weighted by atomic mass is 16.5. The molecule has 8 heteroatoms. The first-order valence-corrected chi connectivity index (χ1v) is 12.2. The lowest BCUT2D eigenvalue weighted by atomic mass is 9.92. The Hall–Kier alpha value is -3.70. The highest BCUT2D eigenvalue weighted by molar-refractivity contribution is 6.05. The summed E-state index contributed by atoms with van der Waals surface area (Å²) in [6.45, 7) is 1.04. The lowest BCUT2D eigenvalue weighted by molar-refractivity contribution is -0.136. The minimum absolute atomic E-state index is 0.0172. The molecule has 2 aromatic rings. The molecule has 0 aromatic heterocycles. The third kappa shape index (κ3) is 4.91. The molecule has 0 radical (unpaired) electrons. The summed E-state index contributed by atoms with van der Waals surface area (Å²) >= 11 is 0. The standard InChI is InChI=1S/C27H28N4O4/c28-14-17-5-7-18(8-6-17)15-29-22-3-1-2-4-24(22)35-20-9-10-21-19(13-20)16-31(27(21)34)23-11-12-25(32)30-26(23)33/h5-10,13,22-24,29H,1-4,11-12,15-16H2,(H,30,32,33)/t22-,23?,24-/m0/s1. The normalized spacial score (nSPS) is 24.0. The third-order valence-electron chi connectivity index (χ3n) is 7.14. The molecular formula is C27H28N4O4. The second-order valence-corrected chi connectivity index (χ2v) is 9.46. The number of benzene rings is 2. The molecule has 2 aliphatic heterocycles. The number of fused-ring (bicyclic) bond motifs is 1. The van der Waals surface area contributed by atoms with Gasteiger partial charge in [-0.1, -0.05) is 18.6 Å². The summed E-state index contributed by atoms with van der Waals surface area (Å²) in [5, 5.41) is 14.9. The van der Waals surface area contributed by atoms with E-state index in [4.69, 9.17) is 10.00 Å². The van der Waals surface area contributed by atoms with Crippen molar-refractivity contribution in [3.63, 3.8) is 0 Å². The number of ether oxygens (including phenoxy) is 1. The van der Waals surface area contributed by atoms with Crippen LogP contribution in [0.25, 0.3) is 0 Å².